The third kappa shape index (κ3) is 4.69. The van der Waals surface area contributed by atoms with E-state index in [9.17, 15) is 9.90 Å². The Kier molecular flexibility index (Phi) is 5.91. The van der Waals surface area contributed by atoms with Crippen molar-refractivity contribution in [2.45, 2.75) is 26.2 Å². The van der Waals surface area contributed by atoms with Gasteiger partial charge in [-0.05, 0) is 30.4 Å². The van der Waals surface area contributed by atoms with Crippen molar-refractivity contribution in [3.63, 3.8) is 0 Å². The van der Waals surface area contributed by atoms with Crippen LogP contribution in [0.3, 0.4) is 0 Å². The number of phenols is 2. The molecule has 0 heterocycles. The summed E-state index contributed by atoms with van der Waals surface area (Å²) in [5, 5.41) is 18.4. The van der Waals surface area contributed by atoms with E-state index in [0.717, 1.165) is 12.2 Å². The molecule has 1 rings (SSSR count). The lowest BCUT2D eigenvalue weighted by Crippen LogP contribution is -2.02. The fourth-order valence-electron chi connectivity index (χ4n) is 1.40. The van der Waals surface area contributed by atoms with Gasteiger partial charge >= 0.3 is 0 Å². The second-order valence-electron chi connectivity index (χ2n) is 3.89. The van der Waals surface area contributed by atoms with Crippen LogP contribution >= 0.6 is 11.8 Å². The summed E-state index contributed by atoms with van der Waals surface area (Å²) in [5.41, 5.74) is 0.447. The molecule has 0 saturated carbocycles. The lowest BCUT2D eigenvalue weighted by Gasteiger charge is -2.03. The molecule has 0 aliphatic carbocycles. The molecule has 0 radical (unpaired) electrons. The van der Waals surface area contributed by atoms with Gasteiger partial charge in [-0.2, -0.15) is 11.8 Å². The highest BCUT2D eigenvalue weighted by Gasteiger charge is 2.08. The first-order chi connectivity index (χ1) is 8.15. The van der Waals surface area contributed by atoms with E-state index in [1.807, 2.05) is 0 Å². The summed E-state index contributed by atoms with van der Waals surface area (Å²) in [6.45, 7) is 2.15. The Morgan fingerprint density at radius 2 is 2.00 bits per heavy atom. The standard InChI is InChI=1S/C13H18O3S/c1-2-3-4-7-17-9-13(16)10-5-6-11(14)12(15)8-10/h5-6,8,14-15H,2-4,7,9H2,1H3. The van der Waals surface area contributed by atoms with Crippen LogP contribution in [0.1, 0.15) is 36.5 Å². The number of carbonyl (C=O) groups excluding carboxylic acids is 1. The molecule has 4 heteroatoms. The van der Waals surface area contributed by atoms with Crippen molar-refractivity contribution >= 4 is 17.5 Å². The van der Waals surface area contributed by atoms with Crippen molar-refractivity contribution in [3.05, 3.63) is 23.8 Å². The molecule has 0 amide bonds. The van der Waals surface area contributed by atoms with E-state index >= 15 is 0 Å². The van der Waals surface area contributed by atoms with E-state index in [-0.39, 0.29) is 17.3 Å². The van der Waals surface area contributed by atoms with Crippen molar-refractivity contribution in [1.82, 2.24) is 0 Å². The third-order valence-corrected chi connectivity index (χ3v) is 3.47. The van der Waals surface area contributed by atoms with Crippen LogP contribution in [0.15, 0.2) is 18.2 Å². The molecule has 0 bridgehead atoms. The van der Waals surface area contributed by atoms with Crippen LogP contribution in [0.5, 0.6) is 11.5 Å². The maximum Gasteiger partial charge on any atom is 0.172 e. The average Bonchev–Trinajstić information content (AvgIpc) is 2.32. The quantitative estimate of drug-likeness (QED) is 0.445. The smallest absolute Gasteiger partial charge is 0.172 e. The average molecular weight is 254 g/mol. The van der Waals surface area contributed by atoms with E-state index < -0.39 is 0 Å². The number of benzene rings is 1. The second kappa shape index (κ2) is 7.22. The van der Waals surface area contributed by atoms with Gasteiger partial charge in [0.25, 0.3) is 0 Å². The molecule has 0 saturated heterocycles. The topological polar surface area (TPSA) is 57.5 Å². The maximum atomic E-state index is 11.7. The Hall–Kier alpha value is -1.16. The van der Waals surface area contributed by atoms with Gasteiger partial charge in [-0.3, -0.25) is 4.79 Å². The van der Waals surface area contributed by atoms with E-state index in [1.54, 1.807) is 11.8 Å². The summed E-state index contributed by atoms with van der Waals surface area (Å²) in [6, 6.07) is 4.18. The molecule has 0 atom stereocenters. The number of phenolic OH excluding ortho intramolecular Hbond substituents is 2. The van der Waals surface area contributed by atoms with Gasteiger partial charge in [-0.25, -0.2) is 0 Å². The first kappa shape index (κ1) is 13.9. The number of aromatic hydroxyl groups is 2. The number of unbranched alkanes of at least 4 members (excludes halogenated alkanes) is 2. The molecule has 0 spiro atoms. The van der Waals surface area contributed by atoms with Crippen LogP contribution in [-0.4, -0.2) is 27.5 Å². The van der Waals surface area contributed by atoms with Gasteiger partial charge < -0.3 is 10.2 Å². The highest BCUT2D eigenvalue weighted by molar-refractivity contribution is 7.99. The summed E-state index contributed by atoms with van der Waals surface area (Å²) in [4.78, 5) is 11.7. The van der Waals surface area contributed by atoms with Crippen molar-refractivity contribution in [2.75, 3.05) is 11.5 Å². The number of Topliss-reactive ketones (excluding diaryl/α,β-unsaturated/α-hetero) is 1. The Morgan fingerprint density at radius 1 is 1.24 bits per heavy atom. The lowest BCUT2D eigenvalue weighted by molar-refractivity contribution is 0.102. The van der Waals surface area contributed by atoms with Crippen LogP contribution in [0.25, 0.3) is 0 Å². The van der Waals surface area contributed by atoms with Gasteiger partial charge in [0, 0.05) is 5.56 Å². The van der Waals surface area contributed by atoms with Gasteiger partial charge in [0.15, 0.2) is 17.3 Å². The van der Waals surface area contributed by atoms with E-state index in [4.69, 9.17) is 5.11 Å². The van der Waals surface area contributed by atoms with Crippen molar-refractivity contribution in [2.24, 2.45) is 0 Å². The molecule has 0 unspecified atom stereocenters. The normalized spacial score (nSPS) is 10.4. The Balaban J connectivity index is 2.39. The number of hydrogen-bond acceptors (Lipinski definition) is 4. The molecule has 0 aliphatic rings. The van der Waals surface area contributed by atoms with Crippen molar-refractivity contribution < 1.29 is 15.0 Å². The molecule has 1 aromatic rings. The molecule has 17 heavy (non-hydrogen) atoms. The summed E-state index contributed by atoms with van der Waals surface area (Å²) in [7, 11) is 0. The van der Waals surface area contributed by atoms with Gasteiger partial charge in [0.05, 0.1) is 5.75 Å². The Morgan fingerprint density at radius 3 is 2.65 bits per heavy atom. The predicted molar refractivity (Wildman–Crippen MR) is 71.0 cm³/mol. The number of rotatable bonds is 7. The molecule has 94 valence electrons. The summed E-state index contributed by atoms with van der Waals surface area (Å²) in [5.74, 6) is 0.961. The number of thioether (sulfide) groups is 1. The van der Waals surface area contributed by atoms with Gasteiger partial charge in [-0.15, -0.1) is 0 Å². The predicted octanol–water partition coefficient (Wildman–Crippen LogP) is 3.20. The molecular formula is C13H18O3S. The van der Waals surface area contributed by atoms with Crippen LogP contribution < -0.4 is 0 Å². The highest BCUT2D eigenvalue weighted by atomic mass is 32.2. The maximum absolute atomic E-state index is 11.7. The minimum Gasteiger partial charge on any atom is -0.504 e. The molecule has 2 N–H and O–H groups in total. The van der Waals surface area contributed by atoms with Crippen molar-refractivity contribution in [3.8, 4) is 11.5 Å². The minimum atomic E-state index is -0.244. The summed E-state index contributed by atoms with van der Waals surface area (Å²) in [6.07, 6.45) is 3.51. The molecule has 0 fully saturated rings. The van der Waals surface area contributed by atoms with Crippen LogP contribution in [0, 0.1) is 0 Å². The van der Waals surface area contributed by atoms with Crippen LogP contribution in [-0.2, 0) is 0 Å². The Bertz CT molecular complexity index is 377. The summed E-state index contributed by atoms with van der Waals surface area (Å²) >= 11 is 1.61. The molecule has 1 aromatic carbocycles. The Labute approximate surface area is 106 Å². The van der Waals surface area contributed by atoms with Crippen molar-refractivity contribution in [1.29, 1.82) is 0 Å². The number of carbonyl (C=O) groups is 1. The van der Waals surface area contributed by atoms with Crippen LogP contribution in [0.4, 0.5) is 0 Å². The monoisotopic (exact) mass is 254 g/mol. The minimum absolute atomic E-state index is 0.0122. The largest absolute Gasteiger partial charge is 0.504 e. The zero-order valence-electron chi connectivity index (χ0n) is 9.98. The summed E-state index contributed by atoms with van der Waals surface area (Å²) < 4.78 is 0. The SMILES string of the molecule is CCCCCSCC(=O)c1ccc(O)c(O)c1. The van der Waals surface area contributed by atoms with Gasteiger partial charge in [0.1, 0.15) is 0 Å². The third-order valence-electron chi connectivity index (χ3n) is 2.42. The van der Waals surface area contributed by atoms with Gasteiger partial charge in [-0.1, -0.05) is 19.8 Å². The number of ketones is 1. The zero-order valence-corrected chi connectivity index (χ0v) is 10.8. The fourth-order valence-corrected chi connectivity index (χ4v) is 2.30. The van der Waals surface area contributed by atoms with E-state index in [2.05, 4.69) is 6.92 Å². The lowest BCUT2D eigenvalue weighted by atomic mass is 10.1. The highest BCUT2D eigenvalue weighted by Crippen LogP contribution is 2.25. The van der Waals surface area contributed by atoms with E-state index in [1.165, 1.54) is 31.0 Å². The first-order valence-corrected chi connectivity index (χ1v) is 6.93. The zero-order chi connectivity index (χ0) is 12.7. The fraction of sp³-hybridized carbons (Fsp3) is 0.462. The molecule has 0 aromatic heterocycles. The number of hydrogen-bond donors (Lipinski definition) is 2. The molecular weight excluding hydrogens is 236 g/mol. The van der Waals surface area contributed by atoms with E-state index in [0.29, 0.717) is 11.3 Å². The molecule has 0 aliphatic heterocycles. The molecule has 3 nitrogen and oxygen atoms in total. The first-order valence-electron chi connectivity index (χ1n) is 5.78. The van der Waals surface area contributed by atoms with Gasteiger partial charge in [0.2, 0.25) is 0 Å². The second-order valence-corrected chi connectivity index (χ2v) is 4.99. The van der Waals surface area contributed by atoms with Crippen LogP contribution in [0.2, 0.25) is 0 Å².